The lowest BCUT2D eigenvalue weighted by molar-refractivity contribution is -0.122. The lowest BCUT2D eigenvalue weighted by Crippen LogP contribution is -2.33. The topological polar surface area (TPSA) is 70.1 Å². The third-order valence-electron chi connectivity index (χ3n) is 5.25. The molecule has 0 unspecified atom stereocenters. The molecule has 6 nitrogen and oxygen atoms in total. The fraction of sp³-hybridized carbons (Fsp3) is 0.320. The fourth-order valence-corrected chi connectivity index (χ4v) is 4.82. The summed E-state index contributed by atoms with van der Waals surface area (Å²) in [6.45, 7) is 0.733. The van der Waals surface area contributed by atoms with Gasteiger partial charge in [0.25, 0.3) is 5.91 Å². The zero-order valence-corrected chi connectivity index (χ0v) is 20.2. The Morgan fingerprint density at radius 1 is 1.12 bits per heavy atom. The average molecular weight is 485 g/mol. The van der Waals surface area contributed by atoms with Crippen molar-refractivity contribution in [2.24, 2.45) is 0 Å². The molecule has 1 heterocycles. The molecule has 0 aromatic heterocycles. The zero-order chi connectivity index (χ0) is 23.6. The van der Waals surface area contributed by atoms with E-state index in [1.54, 1.807) is 16.9 Å². The molecule has 1 aliphatic heterocycles. The number of nitrogens with zero attached hydrogens (tertiary/aromatic N) is 2. The predicted octanol–water partition coefficient (Wildman–Crippen LogP) is 4.48. The Bertz CT molecular complexity index is 993. The minimum atomic E-state index is -0.0841. The molecule has 8 heteroatoms. The van der Waals surface area contributed by atoms with Gasteiger partial charge in [-0.15, -0.1) is 0 Å². The smallest absolute Gasteiger partial charge is 0.266 e. The van der Waals surface area contributed by atoms with Gasteiger partial charge in [0.15, 0.2) is 0 Å². The molecule has 2 aromatic rings. The number of rotatable bonds is 11. The van der Waals surface area contributed by atoms with Crippen LogP contribution in [0.2, 0.25) is 0 Å². The number of amides is 2. The van der Waals surface area contributed by atoms with Crippen molar-refractivity contribution >= 4 is 51.9 Å². The summed E-state index contributed by atoms with van der Waals surface area (Å²) < 4.78 is 5.73. The molecule has 0 atom stereocenters. The van der Waals surface area contributed by atoms with Crippen molar-refractivity contribution in [3.8, 4) is 5.75 Å². The Balaban J connectivity index is 1.46. The Hall–Kier alpha value is -2.68. The Labute approximate surface area is 204 Å². The standard InChI is InChI=1S/C25H28N2O4S2/c1-31-21-13-11-19(12-14-21)18-22-24(30)27(25(32)33-22)15-7-3-6-10-23(29)26(16-17-28)20-8-4-2-5-9-20/h2,4-5,8-9,11-14,18,28H,3,6-7,10,15-17H2,1H3. The van der Waals surface area contributed by atoms with Crippen LogP contribution in [0.3, 0.4) is 0 Å². The number of aliphatic hydroxyl groups excluding tert-OH is 1. The van der Waals surface area contributed by atoms with Crippen molar-refractivity contribution in [1.29, 1.82) is 0 Å². The molecule has 1 saturated heterocycles. The molecule has 1 N–H and O–H groups in total. The lowest BCUT2D eigenvalue weighted by atomic mass is 10.1. The largest absolute Gasteiger partial charge is 0.497 e. The lowest BCUT2D eigenvalue weighted by Gasteiger charge is -2.22. The molecule has 2 amide bonds. The van der Waals surface area contributed by atoms with E-state index in [0.29, 0.717) is 28.6 Å². The van der Waals surface area contributed by atoms with Crippen LogP contribution in [0.25, 0.3) is 6.08 Å². The van der Waals surface area contributed by atoms with Gasteiger partial charge >= 0.3 is 0 Å². The molecule has 33 heavy (non-hydrogen) atoms. The van der Waals surface area contributed by atoms with Crippen molar-refractivity contribution < 1.29 is 19.4 Å². The maximum atomic E-state index is 12.8. The highest BCUT2D eigenvalue weighted by molar-refractivity contribution is 8.26. The van der Waals surface area contributed by atoms with E-state index in [1.807, 2.05) is 60.7 Å². The summed E-state index contributed by atoms with van der Waals surface area (Å²) in [5.74, 6) is 0.680. The SMILES string of the molecule is COc1ccc(C=C2SC(=S)N(CCCCCC(=O)N(CCO)c3ccccc3)C2=O)cc1. The number of methoxy groups -OCH3 is 1. The van der Waals surface area contributed by atoms with Gasteiger partial charge < -0.3 is 14.7 Å². The summed E-state index contributed by atoms with van der Waals surface area (Å²) in [4.78, 5) is 29.3. The van der Waals surface area contributed by atoms with Crippen molar-refractivity contribution in [3.63, 3.8) is 0 Å². The maximum absolute atomic E-state index is 12.8. The Morgan fingerprint density at radius 3 is 2.52 bits per heavy atom. The van der Waals surface area contributed by atoms with Crippen molar-refractivity contribution in [2.45, 2.75) is 25.7 Å². The monoisotopic (exact) mass is 484 g/mol. The molecule has 1 fully saturated rings. The quantitative estimate of drug-likeness (QED) is 0.288. The molecule has 0 radical (unpaired) electrons. The van der Waals surface area contributed by atoms with Crippen LogP contribution < -0.4 is 9.64 Å². The van der Waals surface area contributed by atoms with E-state index < -0.39 is 0 Å². The molecular formula is C25H28N2O4S2. The van der Waals surface area contributed by atoms with Crippen LogP contribution in [0.4, 0.5) is 5.69 Å². The highest BCUT2D eigenvalue weighted by atomic mass is 32.2. The Kier molecular flexibility index (Phi) is 9.47. The third kappa shape index (κ3) is 6.90. The van der Waals surface area contributed by atoms with Crippen molar-refractivity contribution in [3.05, 3.63) is 65.1 Å². The van der Waals surface area contributed by atoms with E-state index in [-0.39, 0.29) is 25.0 Å². The molecule has 0 bridgehead atoms. The summed E-state index contributed by atoms with van der Waals surface area (Å²) in [6.07, 6.45) is 4.52. The van der Waals surface area contributed by atoms with Gasteiger partial charge in [0, 0.05) is 25.2 Å². The molecule has 0 spiro atoms. The first kappa shape index (κ1) is 25.0. The third-order valence-corrected chi connectivity index (χ3v) is 6.63. The van der Waals surface area contributed by atoms with E-state index in [1.165, 1.54) is 11.8 Å². The summed E-state index contributed by atoms with van der Waals surface area (Å²) in [5, 5.41) is 9.31. The van der Waals surface area contributed by atoms with Crippen molar-refractivity contribution in [1.82, 2.24) is 4.90 Å². The summed E-state index contributed by atoms with van der Waals surface area (Å²) >= 11 is 6.73. The molecule has 0 saturated carbocycles. The van der Waals surface area contributed by atoms with Crippen LogP contribution in [-0.4, -0.2) is 52.9 Å². The number of benzene rings is 2. The number of unbranched alkanes of at least 4 members (excludes halogenated alkanes) is 2. The van der Waals surface area contributed by atoms with Gasteiger partial charge in [0.1, 0.15) is 10.1 Å². The molecule has 1 aliphatic rings. The second-order valence-electron chi connectivity index (χ2n) is 7.52. The second kappa shape index (κ2) is 12.5. The molecular weight excluding hydrogens is 456 g/mol. The van der Waals surface area contributed by atoms with Crippen LogP contribution in [0.5, 0.6) is 5.75 Å². The number of carbonyl (C=O) groups is 2. The van der Waals surface area contributed by atoms with E-state index in [9.17, 15) is 14.7 Å². The zero-order valence-electron chi connectivity index (χ0n) is 18.6. The molecule has 0 aliphatic carbocycles. The fourth-order valence-electron chi connectivity index (χ4n) is 3.51. The van der Waals surface area contributed by atoms with E-state index in [4.69, 9.17) is 17.0 Å². The number of ether oxygens (including phenoxy) is 1. The van der Waals surface area contributed by atoms with Crippen molar-refractivity contribution in [2.75, 3.05) is 31.7 Å². The van der Waals surface area contributed by atoms with Gasteiger partial charge in [-0.3, -0.25) is 14.5 Å². The highest BCUT2D eigenvalue weighted by Crippen LogP contribution is 2.33. The van der Waals surface area contributed by atoms with E-state index in [2.05, 4.69) is 0 Å². The minimum Gasteiger partial charge on any atom is -0.497 e. The van der Waals surface area contributed by atoms with Gasteiger partial charge in [0.05, 0.1) is 18.6 Å². The first-order valence-electron chi connectivity index (χ1n) is 10.9. The molecule has 174 valence electrons. The van der Waals surface area contributed by atoms with Gasteiger partial charge in [-0.25, -0.2) is 0 Å². The first-order chi connectivity index (χ1) is 16.0. The van der Waals surface area contributed by atoms with Crippen LogP contribution >= 0.6 is 24.0 Å². The maximum Gasteiger partial charge on any atom is 0.266 e. The van der Waals surface area contributed by atoms with Crippen LogP contribution in [0.1, 0.15) is 31.2 Å². The Morgan fingerprint density at radius 2 is 1.85 bits per heavy atom. The first-order valence-corrected chi connectivity index (χ1v) is 12.1. The van der Waals surface area contributed by atoms with Crippen LogP contribution in [-0.2, 0) is 9.59 Å². The number of aliphatic hydroxyl groups is 1. The van der Waals surface area contributed by atoms with E-state index in [0.717, 1.165) is 29.8 Å². The number of carbonyl (C=O) groups excluding carboxylic acids is 2. The second-order valence-corrected chi connectivity index (χ2v) is 9.20. The normalized spacial score (nSPS) is 14.7. The van der Waals surface area contributed by atoms with Crippen LogP contribution in [0, 0.1) is 0 Å². The molecule has 3 rings (SSSR count). The van der Waals surface area contributed by atoms with Crippen LogP contribution in [0.15, 0.2) is 59.5 Å². The number of thioether (sulfide) groups is 1. The predicted molar refractivity (Wildman–Crippen MR) is 137 cm³/mol. The van der Waals surface area contributed by atoms with Gasteiger partial charge in [0.2, 0.25) is 5.91 Å². The number of para-hydroxylation sites is 1. The van der Waals surface area contributed by atoms with Gasteiger partial charge in [-0.1, -0.05) is 60.7 Å². The highest BCUT2D eigenvalue weighted by Gasteiger charge is 2.31. The molecule has 2 aromatic carbocycles. The number of thiocarbonyl (C=S) groups is 1. The number of hydrogen-bond donors (Lipinski definition) is 1. The minimum absolute atomic E-state index is 0.0108. The summed E-state index contributed by atoms with van der Waals surface area (Å²) in [6, 6.07) is 16.9. The number of hydrogen-bond acceptors (Lipinski definition) is 6. The summed E-state index contributed by atoms with van der Waals surface area (Å²) in [7, 11) is 1.62. The van der Waals surface area contributed by atoms with Gasteiger partial charge in [-0.05, 0) is 48.7 Å². The number of anilines is 1. The summed E-state index contributed by atoms with van der Waals surface area (Å²) in [5.41, 5.74) is 1.71. The van der Waals surface area contributed by atoms with Gasteiger partial charge in [-0.2, -0.15) is 0 Å². The van der Waals surface area contributed by atoms with E-state index >= 15 is 0 Å². The average Bonchev–Trinajstić information content (AvgIpc) is 3.10.